The van der Waals surface area contributed by atoms with Gasteiger partial charge < -0.3 is 19.5 Å². The van der Waals surface area contributed by atoms with Crippen molar-refractivity contribution in [2.75, 3.05) is 32.2 Å². The first-order valence-electron chi connectivity index (χ1n) is 8.19. The Kier molecular flexibility index (Phi) is 7.85. The van der Waals surface area contributed by atoms with Gasteiger partial charge in [0.25, 0.3) is 5.91 Å². The van der Waals surface area contributed by atoms with Gasteiger partial charge in [-0.2, -0.15) is 0 Å². The molecule has 0 fully saturated rings. The van der Waals surface area contributed by atoms with Crippen molar-refractivity contribution in [2.45, 2.75) is 6.92 Å². The number of nitrogens with one attached hydrogen (secondary N) is 2. The van der Waals surface area contributed by atoms with Crippen molar-refractivity contribution in [3.05, 3.63) is 54.1 Å². The van der Waals surface area contributed by atoms with Gasteiger partial charge in [-0.25, -0.2) is 0 Å². The Labute approximate surface area is 158 Å². The van der Waals surface area contributed by atoms with Crippen LogP contribution >= 0.6 is 12.2 Å². The van der Waals surface area contributed by atoms with Crippen molar-refractivity contribution in [2.24, 2.45) is 0 Å². The van der Waals surface area contributed by atoms with Gasteiger partial charge >= 0.3 is 0 Å². The minimum Gasteiger partial charge on any atom is -0.497 e. The van der Waals surface area contributed by atoms with E-state index in [1.807, 2.05) is 25.1 Å². The number of hydrogen-bond acceptors (Lipinski definition) is 5. The molecule has 0 aliphatic rings. The number of hydrogen-bond donors (Lipinski definition) is 2. The number of amides is 1. The Morgan fingerprint density at radius 3 is 2.62 bits per heavy atom. The van der Waals surface area contributed by atoms with Crippen LogP contribution in [0.5, 0.6) is 11.5 Å². The summed E-state index contributed by atoms with van der Waals surface area (Å²) in [4.78, 5) is 12.4. The smallest absolute Gasteiger partial charge is 0.257 e. The first kappa shape index (κ1) is 19.7. The second-order valence-electron chi connectivity index (χ2n) is 5.21. The second kappa shape index (κ2) is 10.4. The molecule has 2 aromatic carbocycles. The van der Waals surface area contributed by atoms with E-state index in [0.29, 0.717) is 36.9 Å². The van der Waals surface area contributed by atoms with E-state index >= 15 is 0 Å². The lowest BCUT2D eigenvalue weighted by atomic mass is 10.2. The van der Waals surface area contributed by atoms with Gasteiger partial charge in [0.15, 0.2) is 5.11 Å². The maximum atomic E-state index is 12.4. The summed E-state index contributed by atoms with van der Waals surface area (Å²) in [5, 5.41) is 5.80. The molecule has 0 aliphatic carbocycles. The molecule has 0 aliphatic heterocycles. The van der Waals surface area contributed by atoms with Crippen LogP contribution in [0.3, 0.4) is 0 Å². The van der Waals surface area contributed by atoms with Gasteiger partial charge in [0.1, 0.15) is 18.1 Å². The molecule has 0 saturated heterocycles. The van der Waals surface area contributed by atoms with Crippen molar-refractivity contribution in [3.63, 3.8) is 0 Å². The third-order valence-electron chi connectivity index (χ3n) is 3.35. The average molecular weight is 374 g/mol. The van der Waals surface area contributed by atoms with Crippen LogP contribution in [0, 0.1) is 0 Å². The Bertz CT molecular complexity index is 752. The summed E-state index contributed by atoms with van der Waals surface area (Å²) in [5.41, 5.74) is 1.18. The van der Waals surface area contributed by atoms with Gasteiger partial charge in [0.2, 0.25) is 0 Å². The first-order valence-corrected chi connectivity index (χ1v) is 8.60. The molecule has 0 aromatic heterocycles. The molecule has 0 saturated carbocycles. The van der Waals surface area contributed by atoms with Crippen molar-refractivity contribution < 1.29 is 19.0 Å². The minimum absolute atomic E-state index is 0.200. The largest absolute Gasteiger partial charge is 0.497 e. The summed E-state index contributed by atoms with van der Waals surface area (Å²) < 4.78 is 15.9. The minimum atomic E-state index is -0.319. The fourth-order valence-electron chi connectivity index (χ4n) is 2.13. The van der Waals surface area contributed by atoms with E-state index < -0.39 is 0 Å². The predicted octanol–water partition coefficient (Wildman–Crippen LogP) is 3.24. The number of carbonyl (C=O) groups excluding carboxylic acids is 1. The summed E-state index contributed by atoms with van der Waals surface area (Å²) in [5.74, 6) is 0.978. The van der Waals surface area contributed by atoms with Crippen molar-refractivity contribution in [1.29, 1.82) is 0 Å². The fourth-order valence-corrected chi connectivity index (χ4v) is 2.34. The normalized spacial score (nSPS) is 10.1. The molecular formula is C19H22N2O4S. The average Bonchev–Trinajstić information content (AvgIpc) is 2.65. The van der Waals surface area contributed by atoms with Crippen molar-refractivity contribution in [1.82, 2.24) is 5.32 Å². The monoisotopic (exact) mass is 374 g/mol. The van der Waals surface area contributed by atoms with E-state index in [1.54, 1.807) is 37.4 Å². The maximum Gasteiger partial charge on any atom is 0.257 e. The van der Waals surface area contributed by atoms with Crippen LogP contribution in [-0.4, -0.2) is 38.0 Å². The number of ether oxygens (including phenoxy) is 3. The van der Waals surface area contributed by atoms with Crippen molar-refractivity contribution in [3.8, 4) is 11.5 Å². The van der Waals surface area contributed by atoms with Gasteiger partial charge in [0.05, 0.1) is 13.7 Å². The predicted molar refractivity (Wildman–Crippen MR) is 105 cm³/mol. The van der Waals surface area contributed by atoms with Crippen LogP contribution in [0.25, 0.3) is 0 Å². The van der Waals surface area contributed by atoms with Gasteiger partial charge in [-0.1, -0.05) is 12.1 Å². The standard InChI is InChI=1S/C19H22N2O4S/c1-3-24-10-11-25-17-9-4-6-14(12-17)18(22)21-19(26)20-15-7-5-8-16(13-15)23-2/h4-9,12-13H,3,10-11H2,1-2H3,(H2,20,21,22,26). The SMILES string of the molecule is CCOCCOc1cccc(C(=O)NC(=S)Nc2cccc(OC)c2)c1. The van der Waals surface area contributed by atoms with Crippen LogP contribution in [0.4, 0.5) is 5.69 Å². The highest BCUT2D eigenvalue weighted by molar-refractivity contribution is 7.80. The van der Waals surface area contributed by atoms with Crippen molar-refractivity contribution >= 4 is 28.9 Å². The molecule has 0 atom stereocenters. The number of methoxy groups -OCH3 is 1. The molecule has 1 amide bonds. The molecule has 2 rings (SSSR count). The van der Waals surface area contributed by atoms with Gasteiger partial charge in [-0.15, -0.1) is 0 Å². The van der Waals surface area contributed by atoms with Crippen LogP contribution in [0.2, 0.25) is 0 Å². The molecule has 7 heteroatoms. The zero-order valence-corrected chi connectivity index (χ0v) is 15.6. The highest BCUT2D eigenvalue weighted by Gasteiger charge is 2.09. The summed E-state index contributed by atoms with van der Waals surface area (Å²) in [6.45, 7) is 3.49. The summed E-state index contributed by atoms with van der Waals surface area (Å²) in [6, 6.07) is 14.2. The number of anilines is 1. The lowest BCUT2D eigenvalue weighted by molar-refractivity contribution is 0.0976. The topological polar surface area (TPSA) is 68.8 Å². The maximum absolute atomic E-state index is 12.4. The number of carbonyl (C=O) groups is 1. The van der Waals surface area contributed by atoms with E-state index in [9.17, 15) is 4.79 Å². The lowest BCUT2D eigenvalue weighted by Crippen LogP contribution is -2.34. The molecule has 2 N–H and O–H groups in total. The highest BCUT2D eigenvalue weighted by Crippen LogP contribution is 2.17. The fraction of sp³-hybridized carbons (Fsp3) is 0.263. The van der Waals surface area contributed by atoms with E-state index in [2.05, 4.69) is 10.6 Å². The van der Waals surface area contributed by atoms with E-state index in [4.69, 9.17) is 26.4 Å². The molecule has 2 aromatic rings. The van der Waals surface area contributed by atoms with Crippen LogP contribution in [0.15, 0.2) is 48.5 Å². The molecule has 6 nitrogen and oxygen atoms in total. The van der Waals surface area contributed by atoms with E-state index in [1.165, 1.54) is 0 Å². The number of thiocarbonyl (C=S) groups is 1. The Hall–Kier alpha value is -2.64. The lowest BCUT2D eigenvalue weighted by Gasteiger charge is -2.11. The van der Waals surface area contributed by atoms with Gasteiger partial charge in [-0.05, 0) is 49.5 Å². The van der Waals surface area contributed by atoms with E-state index in [-0.39, 0.29) is 11.0 Å². The molecule has 0 bridgehead atoms. The van der Waals surface area contributed by atoms with Gasteiger partial charge in [-0.3, -0.25) is 10.1 Å². The second-order valence-corrected chi connectivity index (χ2v) is 5.62. The number of benzene rings is 2. The molecule has 0 unspecified atom stereocenters. The zero-order valence-electron chi connectivity index (χ0n) is 14.8. The highest BCUT2D eigenvalue weighted by atomic mass is 32.1. The molecule has 138 valence electrons. The van der Waals surface area contributed by atoms with Crippen LogP contribution in [-0.2, 0) is 4.74 Å². The number of rotatable bonds is 8. The Morgan fingerprint density at radius 1 is 1.08 bits per heavy atom. The first-order chi connectivity index (χ1) is 12.6. The molecule has 26 heavy (non-hydrogen) atoms. The van der Waals surface area contributed by atoms with E-state index in [0.717, 1.165) is 5.69 Å². The summed E-state index contributed by atoms with van der Waals surface area (Å²) in [7, 11) is 1.59. The zero-order chi connectivity index (χ0) is 18.8. The third kappa shape index (κ3) is 6.34. The van der Waals surface area contributed by atoms with Crippen LogP contribution in [0.1, 0.15) is 17.3 Å². The molecule has 0 heterocycles. The Balaban J connectivity index is 1.90. The summed E-state index contributed by atoms with van der Waals surface area (Å²) in [6.07, 6.45) is 0. The molecular weight excluding hydrogens is 352 g/mol. The quantitative estimate of drug-likeness (QED) is 0.546. The van der Waals surface area contributed by atoms with Crippen LogP contribution < -0.4 is 20.1 Å². The third-order valence-corrected chi connectivity index (χ3v) is 3.56. The Morgan fingerprint density at radius 2 is 1.85 bits per heavy atom. The summed E-state index contributed by atoms with van der Waals surface area (Å²) >= 11 is 5.19. The molecule has 0 radical (unpaired) electrons. The van der Waals surface area contributed by atoms with Gasteiger partial charge in [0, 0.05) is 23.9 Å². The molecule has 0 spiro atoms.